The summed E-state index contributed by atoms with van der Waals surface area (Å²) in [4.78, 5) is 15.2. The Morgan fingerprint density at radius 2 is 1.53 bits per heavy atom. The van der Waals surface area contributed by atoms with Crippen molar-refractivity contribution >= 4 is 5.97 Å². The van der Waals surface area contributed by atoms with Gasteiger partial charge in [-0.25, -0.2) is 0 Å². The van der Waals surface area contributed by atoms with E-state index in [0.29, 0.717) is 41.5 Å². The van der Waals surface area contributed by atoms with E-state index in [2.05, 4.69) is 25.7 Å². The molecule has 0 radical (unpaired) electrons. The highest BCUT2D eigenvalue weighted by Crippen LogP contribution is 2.50. The third kappa shape index (κ3) is 4.23. The van der Waals surface area contributed by atoms with Crippen LogP contribution in [0.3, 0.4) is 0 Å². The molecule has 3 N–H and O–H groups in total. The Labute approximate surface area is 179 Å². The second kappa shape index (κ2) is 9.63. The minimum absolute atomic E-state index is 0.0404. The van der Waals surface area contributed by atoms with Crippen molar-refractivity contribution < 1.29 is 14.6 Å². The molecule has 0 bridgehead atoms. The fraction of sp³-hybridized carbons (Fsp3) is 0.480. The highest BCUT2D eigenvalue weighted by molar-refractivity contribution is 5.89. The molecule has 5 nitrogen and oxygen atoms in total. The third-order valence-corrected chi connectivity index (χ3v) is 6.56. The number of carboxylic acid groups (broad SMARTS) is 1. The van der Waals surface area contributed by atoms with Crippen LogP contribution in [-0.2, 0) is 10.2 Å². The van der Waals surface area contributed by atoms with Crippen LogP contribution < -0.4 is 10.5 Å². The van der Waals surface area contributed by atoms with Gasteiger partial charge in [-0.2, -0.15) is 0 Å². The number of carboxylic acids is 1. The molecule has 30 heavy (non-hydrogen) atoms. The lowest BCUT2D eigenvalue weighted by atomic mass is 9.69. The van der Waals surface area contributed by atoms with Gasteiger partial charge in [0.15, 0.2) is 0 Å². The molecular formula is C25H34N2O3. The number of nitrogens with zero attached hydrogens (tertiary/aromatic N) is 1. The molecule has 1 aliphatic heterocycles. The van der Waals surface area contributed by atoms with E-state index in [1.54, 1.807) is 0 Å². The normalized spacial score (nSPS) is 16.3. The average molecular weight is 411 g/mol. The molecule has 3 rings (SSSR count). The molecule has 1 heterocycles. The van der Waals surface area contributed by atoms with Crippen molar-refractivity contribution in [3.05, 3.63) is 59.7 Å². The lowest BCUT2D eigenvalue weighted by molar-refractivity contribution is -0.142. The Hall–Kier alpha value is -2.37. The molecule has 0 saturated heterocycles. The minimum Gasteiger partial charge on any atom is -0.480 e. The van der Waals surface area contributed by atoms with Gasteiger partial charge in [-0.05, 0) is 57.8 Å². The molecule has 2 unspecified atom stereocenters. The number of rotatable bonds is 10. The van der Waals surface area contributed by atoms with Crippen LogP contribution in [0.4, 0.5) is 0 Å². The maximum atomic E-state index is 12.7. The van der Waals surface area contributed by atoms with E-state index in [-0.39, 0.29) is 6.04 Å². The maximum absolute atomic E-state index is 12.7. The molecule has 0 saturated carbocycles. The van der Waals surface area contributed by atoms with E-state index < -0.39 is 11.4 Å². The lowest BCUT2D eigenvalue weighted by Crippen LogP contribution is -2.41. The van der Waals surface area contributed by atoms with Gasteiger partial charge in [-0.3, -0.25) is 4.79 Å². The van der Waals surface area contributed by atoms with Crippen molar-refractivity contribution in [2.75, 3.05) is 13.1 Å². The fourth-order valence-corrected chi connectivity index (χ4v) is 4.72. The number of aliphatic carboxylic acids is 1. The fourth-order valence-electron chi connectivity index (χ4n) is 4.72. The van der Waals surface area contributed by atoms with E-state index in [0.717, 1.165) is 25.9 Å². The van der Waals surface area contributed by atoms with Gasteiger partial charge in [0.1, 0.15) is 16.9 Å². The van der Waals surface area contributed by atoms with Crippen LogP contribution in [0, 0.1) is 0 Å². The van der Waals surface area contributed by atoms with Gasteiger partial charge in [0, 0.05) is 23.2 Å². The van der Waals surface area contributed by atoms with Crippen molar-refractivity contribution in [2.24, 2.45) is 5.73 Å². The summed E-state index contributed by atoms with van der Waals surface area (Å²) in [6.07, 6.45) is 2.98. The number of benzene rings is 2. The largest absolute Gasteiger partial charge is 0.480 e. The van der Waals surface area contributed by atoms with Crippen LogP contribution in [0.1, 0.15) is 57.6 Å². The van der Waals surface area contributed by atoms with Gasteiger partial charge in [-0.1, -0.05) is 50.2 Å². The Kier molecular flexibility index (Phi) is 7.16. The molecule has 2 aromatic rings. The Bertz CT molecular complexity index is 817. The Morgan fingerprint density at radius 3 is 2.03 bits per heavy atom. The van der Waals surface area contributed by atoms with Crippen molar-refractivity contribution in [1.82, 2.24) is 4.90 Å². The van der Waals surface area contributed by atoms with Gasteiger partial charge in [0.25, 0.3) is 0 Å². The highest BCUT2D eigenvalue weighted by Gasteiger charge is 2.48. The molecule has 0 amide bonds. The predicted molar refractivity (Wildman–Crippen MR) is 120 cm³/mol. The molecule has 0 spiro atoms. The van der Waals surface area contributed by atoms with Crippen LogP contribution in [0.15, 0.2) is 48.5 Å². The summed E-state index contributed by atoms with van der Waals surface area (Å²) >= 11 is 0. The molecule has 0 aromatic heterocycles. The first-order valence-electron chi connectivity index (χ1n) is 11.0. The summed E-state index contributed by atoms with van der Waals surface area (Å²) in [5.41, 5.74) is 6.75. The quantitative estimate of drug-likeness (QED) is 0.589. The number of fused-ring (bicyclic) bond motifs is 2. The molecule has 5 heteroatoms. The average Bonchev–Trinajstić information content (AvgIpc) is 2.75. The monoisotopic (exact) mass is 410 g/mol. The first-order valence-corrected chi connectivity index (χ1v) is 11.0. The zero-order valence-corrected chi connectivity index (χ0v) is 18.3. The SMILES string of the molecule is CCN(CC)C(C)CCC(N)CCC1(C(=O)O)c2ccccc2Oc2ccccc21. The second-order valence-corrected chi connectivity index (χ2v) is 8.25. The first-order chi connectivity index (χ1) is 14.4. The van der Waals surface area contributed by atoms with E-state index in [4.69, 9.17) is 10.5 Å². The number of hydrogen-bond acceptors (Lipinski definition) is 4. The Morgan fingerprint density at radius 1 is 1.00 bits per heavy atom. The summed E-state index contributed by atoms with van der Waals surface area (Å²) in [6, 6.07) is 15.4. The number of hydrogen-bond donors (Lipinski definition) is 2. The topological polar surface area (TPSA) is 75.8 Å². The lowest BCUT2D eigenvalue weighted by Gasteiger charge is -2.37. The van der Waals surface area contributed by atoms with Crippen LogP contribution in [0.25, 0.3) is 0 Å². The number of nitrogens with two attached hydrogens (primary N) is 1. The van der Waals surface area contributed by atoms with E-state index in [1.807, 2.05) is 48.5 Å². The zero-order chi connectivity index (χ0) is 21.7. The zero-order valence-electron chi connectivity index (χ0n) is 18.3. The smallest absolute Gasteiger partial charge is 0.318 e. The summed E-state index contributed by atoms with van der Waals surface area (Å²) < 4.78 is 6.02. The molecule has 2 atom stereocenters. The van der Waals surface area contributed by atoms with Gasteiger partial charge < -0.3 is 20.5 Å². The summed E-state index contributed by atoms with van der Waals surface area (Å²) in [6.45, 7) is 8.65. The predicted octanol–water partition coefficient (Wildman–Crippen LogP) is 4.78. The van der Waals surface area contributed by atoms with Crippen molar-refractivity contribution in [3.8, 4) is 11.5 Å². The van der Waals surface area contributed by atoms with E-state index in [1.165, 1.54) is 0 Å². The Balaban J connectivity index is 1.82. The van der Waals surface area contributed by atoms with Crippen molar-refractivity contribution in [2.45, 2.75) is 64.0 Å². The van der Waals surface area contributed by atoms with Crippen molar-refractivity contribution in [3.63, 3.8) is 0 Å². The van der Waals surface area contributed by atoms with Crippen molar-refractivity contribution in [1.29, 1.82) is 0 Å². The maximum Gasteiger partial charge on any atom is 0.318 e. The summed E-state index contributed by atoms with van der Waals surface area (Å²) in [7, 11) is 0. The molecule has 0 aliphatic carbocycles. The third-order valence-electron chi connectivity index (χ3n) is 6.56. The molecule has 2 aromatic carbocycles. The van der Waals surface area contributed by atoms with E-state index >= 15 is 0 Å². The molecule has 1 aliphatic rings. The van der Waals surface area contributed by atoms with Gasteiger partial charge in [0.2, 0.25) is 0 Å². The van der Waals surface area contributed by atoms with Crippen LogP contribution in [-0.4, -0.2) is 41.1 Å². The standard InChI is InChI=1S/C25H34N2O3/c1-4-27(5-2)18(3)14-15-19(26)16-17-25(24(28)29)20-10-6-8-12-22(20)30-23-13-9-7-11-21(23)25/h6-13,18-19H,4-5,14-17,26H2,1-3H3,(H,28,29). The number of para-hydroxylation sites is 2. The molecule has 0 fully saturated rings. The van der Waals surface area contributed by atoms with Gasteiger partial charge in [0.05, 0.1) is 0 Å². The van der Waals surface area contributed by atoms with Gasteiger partial charge in [-0.15, -0.1) is 0 Å². The number of ether oxygens (including phenoxy) is 1. The second-order valence-electron chi connectivity index (χ2n) is 8.25. The molecule has 162 valence electrons. The molecular weight excluding hydrogens is 376 g/mol. The summed E-state index contributed by atoms with van der Waals surface area (Å²) in [5, 5.41) is 10.4. The number of carbonyl (C=O) groups is 1. The highest BCUT2D eigenvalue weighted by atomic mass is 16.5. The van der Waals surface area contributed by atoms with E-state index in [9.17, 15) is 9.90 Å². The van der Waals surface area contributed by atoms with Crippen LogP contribution >= 0.6 is 0 Å². The summed E-state index contributed by atoms with van der Waals surface area (Å²) in [5.74, 6) is 0.374. The van der Waals surface area contributed by atoms with Gasteiger partial charge >= 0.3 is 5.97 Å². The van der Waals surface area contributed by atoms with Crippen LogP contribution in [0.2, 0.25) is 0 Å². The van der Waals surface area contributed by atoms with Crippen LogP contribution in [0.5, 0.6) is 11.5 Å². The minimum atomic E-state index is -1.15. The first kappa shape index (κ1) is 22.3.